The van der Waals surface area contributed by atoms with Crippen molar-refractivity contribution in [2.75, 3.05) is 13.1 Å². The smallest absolute Gasteiger partial charge is 0.110 e. The van der Waals surface area contributed by atoms with Crippen molar-refractivity contribution < 1.29 is 0 Å². The second-order valence-electron chi connectivity index (χ2n) is 6.59. The Labute approximate surface area is 151 Å². The Morgan fingerprint density at radius 1 is 1.20 bits per heavy atom. The van der Waals surface area contributed by atoms with Gasteiger partial charge < -0.3 is 4.57 Å². The average molecular weight is 354 g/mol. The maximum Gasteiger partial charge on any atom is 0.110 e. The predicted molar refractivity (Wildman–Crippen MR) is 98.3 cm³/mol. The quantitative estimate of drug-likeness (QED) is 0.721. The maximum absolute atomic E-state index is 4.72. The second kappa shape index (κ2) is 7.01. The van der Waals surface area contributed by atoms with Gasteiger partial charge in [0.15, 0.2) is 0 Å². The molecule has 1 saturated heterocycles. The van der Waals surface area contributed by atoms with Crippen LogP contribution in [0.4, 0.5) is 0 Å². The van der Waals surface area contributed by atoms with Gasteiger partial charge in [0.1, 0.15) is 11.5 Å². The summed E-state index contributed by atoms with van der Waals surface area (Å²) in [6, 6.07) is 0. The Morgan fingerprint density at radius 2 is 2.08 bits per heavy atom. The summed E-state index contributed by atoms with van der Waals surface area (Å²) < 4.78 is 2.09. The largest absolute Gasteiger partial charge is 0.330 e. The van der Waals surface area contributed by atoms with Crippen LogP contribution in [0, 0.1) is 6.92 Å². The van der Waals surface area contributed by atoms with Crippen molar-refractivity contribution in [3.05, 3.63) is 46.7 Å². The highest BCUT2D eigenvalue weighted by Crippen LogP contribution is 2.32. The Balaban J connectivity index is 1.60. The first kappa shape index (κ1) is 16.4. The number of likely N-dealkylation sites (tertiary alicyclic amines) is 1. The van der Waals surface area contributed by atoms with E-state index in [9.17, 15) is 0 Å². The summed E-state index contributed by atoms with van der Waals surface area (Å²) in [6.07, 6.45) is 7.81. The summed E-state index contributed by atoms with van der Waals surface area (Å²) in [6.45, 7) is 5.05. The number of imidazole rings is 1. The molecular formula is C18H22N6S. The highest BCUT2D eigenvalue weighted by atomic mass is 32.1. The topological polar surface area (TPSA) is 59.7 Å². The normalized spacial score (nSPS) is 18.6. The summed E-state index contributed by atoms with van der Waals surface area (Å²) in [5.41, 5.74) is 6.16. The number of piperidine rings is 1. The molecule has 3 aromatic rings. The zero-order chi connectivity index (χ0) is 17.2. The Bertz CT molecular complexity index is 841. The number of hydrogen-bond acceptors (Lipinski definition) is 6. The van der Waals surface area contributed by atoms with Crippen molar-refractivity contribution >= 4 is 11.3 Å². The molecule has 1 atom stereocenters. The Morgan fingerprint density at radius 3 is 2.84 bits per heavy atom. The van der Waals surface area contributed by atoms with Crippen molar-refractivity contribution in [3.8, 4) is 11.4 Å². The van der Waals surface area contributed by atoms with Gasteiger partial charge in [-0.15, -0.1) is 11.3 Å². The van der Waals surface area contributed by atoms with Gasteiger partial charge >= 0.3 is 0 Å². The summed E-state index contributed by atoms with van der Waals surface area (Å²) in [7, 11) is 2.03. The van der Waals surface area contributed by atoms with Crippen molar-refractivity contribution in [2.45, 2.75) is 32.2 Å². The lowest BCUT2D eigenvalue weighted by atomic mass is 9.92. The summed E-state index contributed by atoms with van der Waals surface area (Å²) >= 11 is 1.66. The van der Waals surface area contributed by atoms with Gasteiger partial charge in [0.25, 0.3) is 0 Å². The number of aromatic nitrogens is 5. The lowest BCUT2D eigenvalue weighted by Gasteiger charge is -2.32. The third kappa shape index (κ3) is 3.34. The SMILES string of the molecule is Cc1ncc(-c2nccnc2C2CCCN(Cc3cscn3)C2)n1C. The molecule has 1 fully saturated rings. The van der Waals surface area contributed by atoms with Gasteiger partial charge in [-0.25, -0.2) is 9.97 Å². The van der Waals surface area contributed by atoms with Crippen LogP contribution < -0.4 is 0 Å². The first-order valence-electron chi connectivity index (χ1n) is 8.61. The standard InChI is InChI=1S/C18H22N6S/c1-13-21-8-16(23(13)2)18-17(19-5-6-20-18)14-4-3-7-24(9-14)10-15-11-25-12-22-15/h5-6,8,11-12,14H,3-4,7,9-10H2,1-2H3. The zero-order valence-corrected chi connectivity index (χ0v) is 15.4. The van der Waals surface area contributed by atoms with Gasteiger partial charge in [-0.05, 0) is 26.3 Å². The van der Waals surface area contributed by atoms with E-state index in [4.69, 9.17) is 4.98 Å². The summed E-state index contributed by atoms with van der Waals surface area (Å²) in [5, 5.41) is 2.13. The third-order valence-corrected chi connectivity index (χ3v) is 5.59. The van der Waals surface area contributed by atoms with E-state index in [2.05, 4.69) is 29.8 Å². The number of thiazole rings is 1. The van der Waals surface area contributed by atoms with E-state index in [1.807, 2.05) is 25.7 Å². The minimum absolute atomic E-state index is 0.395. The maximum atomic E-state index is 4.72. The van der Waals surface area contributed by atoms with Gasteiger partial charge in [0.2, 0.25) is 0 Å². The highest BCUT2D eigenvalue weighted by molar-refractivity contribution is 7.07. The van der Waals surface area contributed by atoms with E-state index < -0.39 is 0 Å². The van der Waals surface area contributed by atoms with E-state index >= 15 is 0 Å². The number of rotatable bonds is 4. The van der Waals surface area contributed by atoms with E-state index in [0.717, 1.165) is 54.7 Å². The molecule has 1 aliphatic rings. The number of hydrogen-bond donors (Lipinski definition) is 0. The van der Waals surface area contributed by atoms with Crippen molar-refractivity contribution in [1.82, 2.24) is 29.4 Å². The van der Waals surface area contributed by atoms with Gasteiger partial charge in [0, 0.05) is 43.8 Å². The second-order valence-corrected chi connectivity index (χ2v) is 7.31. The molecule has 0 aromatic carbocycles. The first-order chi connectivity index (χ1) is 12.2. The lowest BCUT2D eigenvalue weighted by molar-refractivity contribution is 0.197. The molecule has 0 spiro atoms. The molecule has 130 valence electrons. The highest BCUT2D eigenvalue weighted by Gasteiger charge is 2.26. The van der Waals surface area contributed by atoms with Crippen LogP contribution in [0.2, 0.25) is 0 Å². The molecule has 0 bridgehead atoms. The van der Waals surface area contributed by atoms with Gasteiger partial charge in [-0.1, -0.05) is 0 Å². The van der Waals surface area contributed by atoms with E-state index in [-0.39, 0.29) is 0 Å². The minimum atomic E-state index is 0.395. The van der Waals surface area contributed by atoms with Crippen molar-refractivity contribution in [2.24, 2.45) is 7.05 Å². The number of aryl methyl sites for hydroxylation is 1. The molecule has 25 heavy (non-hydrogen) atoms. The summed E-state index contributed by atoms with van der Waals surface area (Å²) in [4.78, 5) is 20.7. The molecule has 3 aromatic heterocycles. The molecule has 6 nitrogen and oxygen atoms in total. The Hall–Kier alpha value is -2.12. The van der Waals surface area contributed by atoms with E-state index in [1.54, 1.807) is 23.7 Å². The van der Waals surface area contributed by atoms with Crippen LogP contribution in [-0.4, -0.2) is 42.5 Å². The molecule has 0 amide bonds. The molecule has 4 rings (SSSR count). The molecule has 0 radical (unpaired) electrons. The van der Waals surface area contributed by atoms with Crippen molar-refractivity contribution in [3.63, 3.8) is 0 Å². The van der Waals surface area contributed by atoms with Crippen LogP contribution >= 0.6 is 11.3 Å². The molecule has 0 aliphatic carbocycles. The molecule has 1 unspecified atom stereocenters. The van der Waals surface area contributed by atoms with E-state index in [0.29, 0.717) is 5.92 Å². The zero-order valence-electron chi connectivity index (χ0n) is 14.6. The van der Waals surface area contributed by atoms with Gasteiger partial charge in [-0.3, -0.25) is 14.9 Å². The molecule has 0 saturated carbocycles. The monoisotopic (exact) mass is 354 g/mol. The number of nitrogens with zero attached hydrogens (tertiary/aromatic N) is 6. The fraction of sp³-hybridized carbons (Fsp3) is 0.444. The van der Waals surface area contributed by atoms with Crippen LogP contribution in [0.25, 0.3) is 11.4 Å². The fourth-order valence-corrected chi connectivity index (χ4v) is 4.08. The molecule has 7 heteroatoms. The minimum Gasteiger partial charge on any atom is -0.330 e. The van der Waals surface area contributed by atoms with Gasteiger partial charge in [-0.2, -0.15) is 0 Å². The van der Waals surface area contributed by atoms with Crippen LogP contribution in [0.5, 0.6) is 0 Å². The van der Waals surface area contributed by atoms with E-state index in [1.165, 1.54) is 6.42 Å². The molecule has 4 heterocycles. The van der Waals surface area contributed by atoms with Crippen LogP contribution in [0.1, 0.15) is 36.0 Å². The Kier molecular flexibility index (Phi) is 4.59. The molecule has 0 N–H and O–H groups in total. The van der Waals surface area contributed by atoms with Crippen LogP contribution in [0.15, 0.2) is 29.5 Å². The van der Waals surface area contributed by atoms with Crippen LogP contribution in [-0.2, 0) is 13.6 Å². The third-order valence-electron chi connectivity index (χ3n) is 4.95. The fourth-order valence-electron chi connectivity index (χ4n) is 3.53. The summed E-state index contributed by atoms with van der Waals surface area (Å²) in [5.74, 6) is 1.38. The first-order valence-corrected chi connectivity index (χ1v) is 9.55. The predicted octanol–water partition coefficient (Wildman–Crippen LogP) is 3.02. The van der Waals surface area contributed by atoms with Crippen LogP contribution in [0.3, 0.4) is 0 Å². The van der Waals surface area contributed by atoms with Gasteiger partial charge in [0.05, 0.1) is 28.8 Å². The lowest BCUT2D eigenvalue weighted by Crippen LogP contribution is -2.34. The molecule has 1 aliphatic heterocycles. The molecular weight excluding hydrogens is 332 g/mol. The van der Waals surface area contributed by atoms with Crippen molar-refractivity contribution in [1.29, 1.82) is 0 Å². The average Bonchev–Trinajstić information content (AvgIpc) is 3.26.